The van der Waals surface area contributed by atoms with Gasteiger partial charge in [0.15, 0.2) is 23.5 Å². The number of nitrogens with zero attached hydrogens (tertiary/aromatic N) is 3. The van der Waals surface area contributed by atoms with Crippen molar-refractivity contribution in [2.45, 2.75) is 30.1 Å². The molecule has 0 spiro atoms. The van der Waals surface area contributed by atoms with E-state index in [0.29, 0.717) is 11.5 Å². The van der Waals surface area contributed by atoms with Gasteiger partial charge in [-0.15, -0.1) is 9.42 Å². The van der Waals surface area contributed by atoms with Crippen LogP contribution in [0.15, 0.2) is 90.0 Å². The lowest BCUT2D eigenvalue weighted by molar-refractivity contribution is -0.0923. The Morgan fingerprint density at radius 3 is 2.13 bits per heavy atom. The minimum absolute atomic E-state index is 0.0301. The molecule has 3 heterocycles. The van der Waals surface area contributed by atoms with E-state index >= 15 is 0 Å². The Hall–Kier alpha value is -4.69. The second kappa shape index (κ2) is 13.0. The number of fused-ring (bicyclic) bond motifs is 1. The molecule has 1 aliphatic rings. The second-order valence-electron chi connectivity index (χ2n) is 10.5. The SMILES string of the molecule is COc1ccc(C(OC[C@H]2O[C@@H](n3cnc4c(=O)[nH]c(N)nc43)[C@H](O)[C@@H]2O[P+](=O)O)(c2ccccc2)c2ccc(OC)cc2)cc1. The topological polar surface area (TPSA) is 193 Å². The Morgan fingerprint density at radius 2 is 1.57 bits per heavy atom. The maximum absolute atomic E-state index is 12.4. The van der Waals surface area contributed by atoms with Crippen LogP contribution in [0.1, 0.15) is 22.9 Å². The van der Waals surface area contributed by atoms with Gasteiger partial charge in [-0.1, -0.05) is 54.6 Å². The minimum Gasteiger partial charge on any atom is -0.497 e. The number of nitrogens with one attached hydrogen (secondary N) is 1. The lowest BCUT2D eigenvalue weighted by Crippen LogP contribution is -2.40. The van der Waals surface area contributed by atoms with Gasteiger partial charge in [0.25, 0.3) is 5.56 Å². The molecule has 1 aliphatic heterocycles. The molecule has 1 saturated heterocycles. The van der Waals surface area contributed by atoms with E-state index in [4.69, 9.17) is 29.2 Å². The van der Waals surface area contributed by atoms with Crippen LogP contribution in [-0.4, -0.2) is 68.7 Å². The van der Waals surface area contributed by atoms with E-state index < -0.39 is 44.0 Å². The van der Waals surface area contributed by atoms with E-state index in [1.165, 1.54) is 10.9 Å². The number of aromatic nitrogens is 4. The predicted octanol–water partition coefficient (Wildman–Crippen LogP) is 3.02. The average molecular weight is 649 g/mol. The lowest BCUT2D eigenvalue weighted by Gasteiger charge is -2.37. The van der Waals surface area contributed by atoms with E-state index in [1.807, 2.05) is 78.9 Å². The summed E-state index contributed by atoms with van der Waals surface area (Å²) in [6.07, 6.45) is -3.85. The molecule has 0 bridgehead atoms. The summed E-state index contributed by atoms with van der Waals surface area (Å²) in [5, 5.41) is 11.4. The van der Waals surface area contributed by atoms with Crippen molar-refractivity contribution < 1.29 is 38.0 Å². The number of aromatic amines is 1. The molecular weight excluding hydrogens is 617 g/mol. The highest BCUT2D eigenvalue weighted by molar-refractivity contribution is 7.32. The molecule has 0 aliphatic carbocycles. The zero-order valence-corrected chi connectivity index (χ0v) is 25.6. The van der Waals surface area contributed by atoms with Crippen molar-refractivity contribution in [3.05, 3.63) is 112 Å². The van der Waals surface area contributed by atoms with E-state index in [2.05, 4.69) is 15.0 Å². The number of hydrogen-bond donors (Lipinski definition) is 4. The van der Waals surface area contributed by atoms with Crippen molar-refractivity contribution in [1.82, 2.24) is 19.5 Å². The first-order valence-electron chi connectivity index (χ1n) is 14.1. The molecule has 3 aromatic carbocycles. The first-order valence-corrected chi connectivity index (χ1v) is 15.3. The Bertz CT molecular complexity index is 1840. The molecule has 5 atom stereocenters. The van der Waals surface area contributed by atoms with Crippen LogP contribution in [0.5, 0.6) is 11.5 Å². The number of methoxy groups -OCH3 is 2. The van der Waals surface area contributed by atoms with E-state index in [-0.39, 0.29) is 23.7 Å². The molecule has 5 N–H and O–H groups in total. The van der Waals surface area contributed by atoms with Crippen molar-refractivity contribution in [3.63, 3.8) is 0 Å². The van der Waals surface area contributed by atoms with E-state index in [9.17, 15) is 19.4 Å². The summed E-state index contributed by atoms with van der Waals surface area (Å²) in [6, 6.07) is 24.3. The third kappa shape index (κ3) is 5.73. The van der Waals surface area contributed by atoms with Crippen LogP contribution in [0, 0.1) is 0 Å². The van der Waals surface area contributed by atoms with Gasteiger partial charge in [0.1, 0.15) is 29.3 Å². The number of aliphatic hydroxyl groups is 1. The fraction of sp³-hybridized carbons (Fsp3) is 0.258. The average Bonchev–Trinajstić information content (AvgIpc) is 3.62. The monoisotopic (exact) mass is 648 g/mol. The number of anilines is 1. The second-order valence-corrected chi connectivity index (χ2v) is 11.1. The fourth-order valence-corrected chi connectivity index (χ4v) is 6.20. The quantitative estimate of drug-likeness (QED) is 0.121. The Balaban J connectivity index is 1.43. The normalized spacial score (nSPS) is 20.1. The summed E-state index contributed by atoms with van der Waals surface area (Å²) in [5.41, 5.74) is 6.21. The molecule has 0 saturated carbocycles. The minimum atomic E-state index is -3.16. The molecule has 0 radical (unpaired) electrons. The van der Waals surface area contributed by atoms with Gasteiger partial charge in [-0.3, -0.25) is 14.3 Å². The maximum atomic E-state index is 12.4. The van der Waals surface area contributed by atoms with Crippen molar-refractivity contribution in [2.24, 2.45) is 0 Å². The van der Waals surface area contributed by atoms with Gasteiger partial charge in [-0.2, -0.15) is 4.98 Å². The van der Waals surface area contributed by atoms with Crippen LogP contribution in [0.25, 0.3) is 11.2 Å². The van der Waals surface area contributed by atoms with Gasteiger partial charge >= 0.3 is 8.25 Å². The predicted molar refractivity (Wildman–Crippen MR) is 165 cm³/mol. The highest BCUT2D eigenvalue weighted by Gasteiger charge is 2.52. The third-order valence-corrected chi connectivity index (χ3v) is 8.31. The number of aliphatic hydroxyl groups excluding tert-OH is 1. The van der Waals surface area contributed by atoms with Gasteiger partial charge in [-0.05, 0) is 41.0 Å². The van der Waals surface area contributed by atoms with Crippen LogP contribution in [0.3, 0.4) is 0 Å². The summed E-state index contributed by atoms with van der Waals surface area (Å²) in [4.78, 5) is 32.7. The Kier molecular flexibility index (Phi) is 8.82. The summed E-state index contributed by atoms with van der Waals surface area (Å²) in [6.45, 7) is -0.225. The summed E-state index contributed by atoms with van der Waals surface area (Å²) >= 11 is 0. The highest BCUT2D eigenvalue weighted by Crippen LogP contribution is 2.44. The Morgan fingerprint density at radius 1 is 0.978 bits per heavy atom. The first kappa shape index (κ1) is 31.3. The van der Waals surface area contributed by atoms with Crippen LogP contribution < -0.4 is 20.8 Å². The first-order chi connectivity index (χ1) is 22.2. The largest absolute Gasteiger partial charge is 0.695 e. The number of nitrogens with two attached hydrogens (primary N) is 1. The molecule has 14 nitrogen and oxygen atoms in total. The van der Waals surface area contributed by atoms with Crippen molar-refractivity contribution in [1.29, 1.82) is 0 Å². The van der Waals surface area contributed by atoms with Crippen LogP contribution in [0.2, 0.25) is 0 Å². The molecule has 1 unspecified atom stereocenters. The number of H-pyrrole nitrogens is 1. The molecule has 5 aromatic rings. The Labute approximate surface area is 263 Å². The van der Waals surface area contributed by atoms with Crippen molar-refractivity contribution in [2.75, 3.05) is 26.6 Å². The maximum Gasteiger partial charge on any atom is 0.695 e. The number of nitrogen functional groups attached to an aromatic ring is 1. The number of imidazole rings is 1. The standard InChI is InChI=1S/C31H30N5O9P/c1-41-21-12-8-19(9-13-21)31(18-6-4-3-5-7-18,20-10-14-22(42-2)15-11-20)43-16-23-26(45-46(39)40)25(37)29(44-23)36-17-33-24-27(36)34-30(32)35-28(24)38/h3-15,17,23,25-26,29,37H,16H2,1-2H3,(H3-,32,34,35,38,39,40)/p+1/t23-,25-,26-,29-/m1/s1. The van der Waals surface area contributed by atoms with Gasteiger partial charge in [0.2, 0.25) is 5.95 Å². The molecule has 46 heavy (non-hydrogen) atoms. The highest BCUT2D eigenvalue weighted by atomic mass is 31.1. The zero-order chi connectivity index (χ0) is 32.4. The van der Waals surface area contributed by atoms with E-state index in [1.54, 1.807) is 14.2 Å². The summed E-state index contributed by atoms with van der Waals surface area (Å²) in [5.74, 6) is 1.13. The zero-order valence-electron chi connectivity index (χ0n) is 24.7. The van der Waals surface area contributed by atoms with Gasteiger partial charge in [0.05, 0.1) is 27.2 Å². The fourth-order valence-electron chi connectivity index (χ4n) is 5.73. The molecule has 0 amide bonds. The summed E-state index contributed by atoms with van der Waals surface area (Å²) in [7, 11) is -0.00152. The van der Waals surface area contributed by atoms with Crippen molar-refractivity contribution in [3.8, 4) is 11.5 Å². The molecule has 238 valence electrons. The third-order valence-electron chi connectivity index (χ3n) is 7.88. The molecule has 6 rings (SSSR count). The van der Waals surface area contributed by atoms with Gasteiger partial charge < -0.3 is 29.8 Å². The van der Waals surface area contributed by atoms with Gasteiger partial charge in [-0.25, -0.2) is 4.98 Å². The number of rotatable bonds is 11. The van der Waals surface area contributed by atoms with Gasteiger partial charge in [0, 0.05) is 4.57 Å². The van der Waals surface area contributed by atoms with Crippen LogP contribution in [-0.2, 0) is 24.2 Å². The summed E-state index contributed by atoms with van der Waals surface area (Å²) < 4.78 is 42.5. The molecular formula is C31H31N5O9P+. The smallest absolute Gasteiger partial charge is 0.497 e. The molecule has 2 aromatic heterocycles. The number of hydrogen-bond acceptors (Lipinski definition) is 11. The van der Waals surface area contributed by atoms with Crippen LogP contribution >= 0.6 is 8.25 Å². The molecule has 15 heteroatoms. The van der Waals surface area contributed by atoms with E-state index in [0.717, 1.165) is 16.7 Å². The molecule has 1 fully saturated rings. The van der Waals surface area contributed by atoms with Crippen molar-refractivity contribution >= 4 is 25.4 Å². The number of ether oxygens (including phenoxy) is 4. The van der Waals surface area contributed by atoms with Crippen LogP contribution in [0.4, 0.5) is 5.95 Å². The lowest BCUT2D eigenvalue weighted by atomic mass is 9.80. The number of benzene rings is 3.